The Kier molecular flexibility index (Phi) is 3.87. The van der Waals surface area contributed by atoms with Gasteiger partial charge in [0.1, 0.15) is 0 Å². The number of hydrogen-bond donors (Lipinski definition) is 1. The monoisotopic (exact) mass is 236 g/mol. The van der Waals surface area contributed by atoms with Crippen molar-refractivity contribution in [2.45, 2.75) is 62.9 Å². The van der Waals surface area contributed by atoms with E-state index in [1.54, 1.807) is 0 Å². The van der Waals surface area contributed by atoms with E-state index in [1.807, 2.05) is 11.0 Å². The van der Waals surface area contributed by atoms with Gasteiger partial charge in [0.05, 0.1) is 0 Å². The van der Waals surface area contributed by atoms with Crippen molar-refractivity contribution >= 4 is 5.91 Å². The summed E-state index contributed by atoms with van der Waals surface area (Å²) in [7, 11) is 0. The van der Waals surface area contributed by atoms with Gasteiger partial charge in [-0.05, 0) is 25.7 Å². The van der Waals surface area contributed by atoms with Gasteiger partial charge >= 0.3 is 0 Å². The van der Waals surface area contributed by atoms with Crippen molar-refractivity contribution in [2.24, 2.45) is 5.73 Å². The van der Waals surface area contributed by atoms with Crippen LogP contribution in [0.2, 0.25) is 0 Å². The summed E-state index contributed by atoms with van der Waals surface area (Å²) in [5.41, 5.74) is 6.11. The van der Waals surface area contributed by atoms with Gasteiger partial charge in [-0.3, -0.25) is 4.79 Å². The average molecular weight is 236 g/mol. The molecule has 0 spiro atoms. The predicted molar refractivity (Wildman–Crippen MR) is 69.6 cm³/mol. The second-order valence-corrected chi connectivity index (χ2v) is 5.67. The van der Waals surface area contributed by atoms with Gasteiger partial charge in [-0.15, -0.1) is 6.58 Å². The minimum Gasteiger partial charge on any atom is -0.336 e. The zero-order valence-corrected chi connectivity index (χ0v) is 10.7. The first kappa shape index (κ1) is 12.6. The number of amides is 1. The van der Waals surface area contributed by atoms with Crippen molar-refractivity contribution < 1.29 is 4.79 Å². The summed E-state index contributed by atoms with van der Waals surface area (Å²) in [6, 6.07) is 0.465. The number of rotatable bonds is 5. The Bertz CT molecular complexity index is 291. The lowest BCUT2D eigenvalue weighted by molar-refractivity contribution is -0.132. The molecule has 0 unspecified atom stereocenters. The lowest BCUT2D eigenvalue weighted by atomic mass is 9.80. The van der Waals surface area contributed by atoms with Crippen LogP contribution in [-0.2, 0) is 4.79 Å². The molecule has 0 heterocycles. The van der Waals surface area contributed by atoms with Crippen LogP contribution >= 0.6 is 0 Å². The van der Waals surface area contributed by atoms with Crippen molar-refractivity contribution in [3.8, 4) is 0 Å². The Morgan fingerprint density at radius 2 is 2.00 bits per heavy atom. The average Bonchev–Trinajstić information content (AvgIpc) is 3.10. The van der Waals surface area contributed by atoms with E-state index in [0.717, 1.165) is 25.7 Å². The van der Waals surface area contributed by atoms with Crippen molar-refractivity contribution in [2.75, 3.05) is 6.54 Å². The molecule has 2 aliphatic rings. The largest absolute Gasteiger partial charge is 0.336 e. The van der Waals surface area contributed by atoms with Gasteiger partial charge in [0.2, 0.25) is 5.91 Å². The fourth-order valence-electron chi connectivity index (χ4n) is 2.82. The standard InChI is InChI=1S/C14H24N2O/c1-2-10-16(12-6-7-12)13(17)11-14(15)8-4-3-5-9-14/h2,12H,1,3-11,15H2. The van der Waals surface area contributed by atoms with Crippen molar-refractivity contribution in [3.63, 3.8) is 0 Å². The van der Waals surface area contributed by atoms with Crippen LogP contribution in [0.5, 0.6) is 0 Å². The third-order valence-corrected chi connectivity index (χ3v) is 3.99. The Hall–Kier alpha value is -0.830. The zero-order valence-electron chi connectivity index (χ0n) is 10.7. The summed E-state index contributed by atoms with van der Waals surface area (Å²) in [6.45, 7) is 4.41. The highest BCUT2D eigenvalue weighted by Gasteiger charge is 2.36. The van der Waals surface area contributed by atoms with Crippen LogP contribution in [0, 0.1) is 0 Å². The zero-order chi connectivity index (χ0) is 12.3. The molecule has 0 aromatic rings. The summed E-state index contributed by atoms with van der Waals surface area (Å²) in [6.07, 6.45) is 10.3. The van der Waals surface area contributed by atoms with Gasteiger partial charge in [0, 0.05) is 24.5 Å². The quantitative estimate of drug-likeness (QED) is 0.744. The van der Waals surface area contributed by atoms with Crippen LogP contribution in [-0.4, -0.2) is 28.9 Å². The predicted octanol–water partition coefficient (Wildman–Crippen LogP) is 2.22. The molecule has 0 aliphatic heterocycles. The molecular weight excluding hydrogens is 212 g/mol. The molecule has 2 fully saturated rings. The molecule has 0 aromatic carbocycles. The maximum absolute atomic E-state index is 12.3. The van der Waals surface area contributed by atoms with Crippen molar-refractivity contribution in [1.29, 1.82) is 0 Å². The number of carbonyl (C=O) groups is 1. The van der Waals surface area contributed by atoms with Crippen LogP contribution in [0.4, 0.5) is 0 Å². The molecular formula is C14H24N2O. The van der Waals surface area contributed by atoms with E-state index >= 15 is 0 Å². The van der Waals surface area contributed by atoms with Crippen LogP contribution < -0.4 is 5.73 Å². The summed E-state index contributed by atoms with van der Waals surface area (Å²) >= 11 is 0. The molecule has 0 saturated heterocycles. The Morgan fingerprint density at radius 3 is 2.53 bits per heavy atom. The minimum absolute atomic E-state index is 0.232. The topological polar surface area (TPSA) is 46.3 Å². The van der Waals surface area contributed by atoms with Gasteiger partial charge in [0.25, 0.3) is 0 Å². The van der Waals surface area contributed by atoms with Crippen LogP contribution in [0.1, 0.15) is 51.4 Å². The molecule has 2 saturated carbocycles. The highest BCUT2D eigenvalue weighted by atomic mass is 16.2. The molecule has 2 N–H and O–H groups in total. The molecule has 3 nitrogen and oxygen atoms in total. The lowest BCUT2D eigenvalue weighted by Gasteiger charge is -2.34. The van der Waals surface area contributed by atoms with Gasteiger partial charge in [0.15, 0.2) is 0 Å². The normalized spacial score (nSPS) is 23.1. The second kappa shape index (κ2) is 5.21. The van der Waals surface area contributed by atoms with E-state index < -0.39 is 0 Å². The molecule has 0 atom stereocenters. The molecule has 0 aromatic heterocycles. The van der Waals surface area contributed by atoms with E-state index in [4.69, 9.17) is 5.73 Å². The number of nitrogens with two attached hydrogens (primary N) is 1. The molecule has 2 rings (SSSR count). The molecule has 1 amide bonds. The highest BCUT2D eigenvalue weighted by Crippen LogP contribution is 2.32. The first-order valence-electron chi connectivity index (χ1n) is 6.84. The summed E-state index contributed by atoms with van der Waals surface area (Å²) in [5, 5.41) is 0. The third-order valence-electron chi connectivity index (χ3n) is 3.99. The van der Waals surface area contributed by atoms with Gasteiger partial charge < -0.3 is 10.6 Å². The fraction of sp³-hybridized carbons (Fsp3) is 0.786. The van der Waals surface area contributed by atoms with E-state index in [9.17, 15) is 4.79 Å². The van der Waals surface area contributed by atoms with Crippen LogP contribution in [0.3, 0.4) is 0 Å². The summed E-state index contributed by atoms with van der Waals surface area (Å²) in [4.78, 5) is 14.3. The Morgan fingerprint density at radius 1 is 1.35 bits per heavy atom. The number of nitrogens with zero attached hydrogens (tertiary/aromatic N) is 1. The van der Waals surface area contributed by atoms with Crippen LogP contribution in [0.25, 0.3) is 0 Å². The van der Waals surface area contributed by atoms with E-state index in [1.165, 1.54) is 19.3 Å². The number of hydrogen-bond acceptors (Lipinski definition) is 2. The van der Waals surface area contributed by atoms with E-state index in [-0.39, 0.29) is 11.4 Å². The van der Waals surface area contributed by atoms with Crippen molar-refractivity contribution in [1.82, 2.24) is 4.90 Å². The smallest absolute Gasteiger partial charge is 0.224 e. The Balaban J connectivity index is 1.91. The molecule has 0 bridgehead atoms. The highest BCUT2D eigenvalue weighted by molar-refractivity contribution is 5.78. The maximum atomic E-state index is 12.3. The van der Waals surface area contributed by atoms with Crippen LogP contribution in [0.15, 0.2) is 12.7 Å². The van der Waals surface area contributed by atoms with Gasteiger partial charge in [-0.25, -0.2) is 0 Å². The molecule has 3 heteroatoms. The van der Waals surface area contributed by atoms with Gasteiger partial charge in [-0.2, -0.15) is 0 Å². The molecule has 0 radical (unpaired) electrons. The lowest BCUT2D eigenvalue weighted by Crippen LogP contribution is -2.47. The molecule has 17 heavy (non-hydrogen) atoms. The van der Waals surface area contributed by atoms with Crippen molar-refractivity contribution in [3.05, 3.63) is 12.7 Å². The summed E-state index contributed by atoms with van der Waals surface area (Å²) in [5.74, 6) is 0.233. The molecule has 96 valence electrons. The third kappa shape index (κ3) is 3.32. The first-order valence-corrected chi connectivity index (χ1v) is 6.84. The maximum Gasteiger partial charge on any atom is 0.224 e. The fourth-order valence-corrected chi connectivity index (χ4v) is 2.82. The summed E-state index contributed by atoms with van der Waals surface area (Å²) < 4.78 is 0. The SMILES string of the molecule is C=CCN(C(=O)CC1(N)CCCCC1)C1CC1. The van der Waals surface area contributed by atoms with E-state index in [2.05, 4.69) is 6.58 Å². The first-order chi connectivity index (χ1) is 8.14. The Labute approximate surface area is 104 Å². The van der Waals surface area contributed by atoms with E-state index in [0.29, 0.717) is 19.0 Å². The number of carbonyl (C=O) groups excluding carboxylic acids is 1. The molecule has 2 aliphatic carbocycles. The minimum atomic E-state index is -0.232. The van der Waals surface area contributed by atoms with Gasteiger partial charge in [-0.1, -0.05) is 25.3 Å². The second-order valence-electron chi connectivity index (χ2n) is 5.67.